The molecule has 4 heteroatoms. The molecule has 0 spiro atoms. The van der Waals surface area contributed by atoms with E-state index in [-0.39, 0.29) is 11.9 Å². The summed E-state index contributed by atoms with van der Waals surface area (Å²) in [7, 11) is 0. The number of rotatable bonds is 5. The molecule has 2 nitrogen and oxygen atoms in total. The number of nitrogens with two attached hydrogens (primary N) is 1. The summed E-state index contributed by atoms with van der Waals surface area (Å²) < 4.78 is 13.3. The Hall–Kier alpha value is -0.640. The van der Waals surface area contributed by atoms with Gasteiger partial charge in [-0.05, 0) is 54.9 Å². The van der Waals surface area contributed by atoms with Gasteiger partial charge in [-0.2, -0.15) is 0 Å². The van der Waals surface area contributed by atoms with Gasteiger partial charge in [-0.25, -0.2) is 4.39 Å². The third kappa shape index (κ3) is 3.68. The summed E-state index contributed by atoms with van der Waals surface area (Å²) in [6.45, 7) is 2.24. The van der Waals surface area contributed by atoms with Crippen LogP contribution in [-0.4, -0.2) is 6.04 Å². The predicted octanol–water partition coefficient (Wildman–Crippen LogP) is 3.68. The molecule has 2 rings (SSSR count). The fourth-order valence-corrected chi connectivity index (χ4v) is 3.34. The second kappa shape index (κ2) is 6.69. The van der Waals surface area contributed by atoms with Crippen LogP contribution in [0.3, 0.4) is 0 Å². The van der Waals surface area contributed by atoms with Crippen molar-refractivity contribution in [3.63, 3.8) is 0 Å². The van der Waals surface area contributed by atoms with Crippen molar-refractivity contribution in [2.45, 2.75) is 45.1 Å². The van der Waals surface area contributed by atoms with Crippen molar-refractivity contribution >= 4 is 11.6 Å². The molecule has 0 radical (unpaired) electrons. The first-order chi connectivity index (χ1) is 9.13. The topological polar surface area (TPSA) is 38.0 Å². The predicted molar refractivity (Wildman–Crippen MR) is 77.3 cm³/mol. The first-order valence-electron chi connectivity index (χ1n) is 7.04. The second-order valence-corrected chi connectivity index (χ2v) is 5.97. The Balaban J connectivity index is 2.05. The molecule has 3 N–H and O–H groups in total. The van der Waals surface area contributed by atoms with E-state index in [1.54, 1.807) is 6.07 Å². The van der Waals surface area contributed by atoms with Gasteiger partial charge in [0.2, 0.25) is 0 Å². The van der Waals surface area contributed by atoms with Crippen molar-refractivity contribution in [2.24, 2.45) is 17.7 Å². The molecule has 3 unspecified atom stereocenters. The van der Waals surface area contributed by atoms with Gasteiger partial charge in [0, 0.05) is 11.1 Å². The van der Waals surface area contributed by atoms with Gasteiger partial charge in [0.15, 0.2) is 0 Å². The van der Waals surface area contributed by atoms with Gasteiger partial charge in [0.1, 0.15) is 5.82 Å². The molecular formula is C15H22ClFN2. The number of nitrogens with one attached hydrogen (secondary N) is 1. The summed E-state index contributed by atoms with van der Waals surface area (Å²) in [6.07, 6.45) is 5.59. The van der Waals surface area contributed by atoms with Crippen LogP contribution in [0.15, 0.2) is 18.2 Å². The Kier molecular flexibility index (Phi) is 5.20. The highest BCUT2D eigenvalue weighted by Gasteiger charge is 2.29. The van der Waals surface area contributed by atoms with Crippen LogP contribution in [0.5, 0.6) is 0 Å². The lowest BCUT2D eigenvalue weighted by Crippen LogP contribution is -2.41. The van der Waals surface area contributed by atoms with Crippen LogP contribution in [0.25, 0.3) is 0 Å². The maximum atomic E-state index is 13.3. The number of benzene rings is 1. The van der Waals surface area contributed by atoms with E-state index in [1.807, 2.05) is 0 Å². The SMILES string of the molecule is CCC1CCC(C(Cc2cc(F)ccc2Cl)NN)C1. The molecular weight excluding hydrogens is 263 g/mol. The molecule has 3 atom stereocenters. The molecule has 0 bridgehead atoms. The molecule has 1 aromatic carbocycles. The monoisotopic (exact) mass is 284 g/mol. The molecule has 1 aliphatic rings. The Morgan fingerprint density at radius 3 is 2.89 bits per heavy atom. The molecule has 0 saturated heterocycles. The fraction of sp³-hybridized carbons (Fsp3) is 0.600. The Morgan fingerprint density at radius 2 is 2.26 bits per heavy atom. The van der Waals surface area contributed by atoms with Crippen molar-refractivity contribution in [3.05, 3.63) is 34.6 Å². The zero-order chi connectivity index (χ0) is 13.8. The molecule has 0 aliphatic heterocycles. The summed E-state index contributed by atoms with van der Waals surface area (Å²) >= 11 is 6.12. The van der Waals surface area contributed by atoms with Gasteiger partial charge in [-0.15, -0.1) is 0 Å². The molecule has 0 aromatic heterocycles. The van der Waals surface area contributed by atoms with Crippen LogP contribution in [0.2, 0.25) is 5.02 Å². The number of hydrogen-bond acceptors (Lipinski definition) is 2. The molecule has 0 heterocycles. The highest BCUT2D eigenvalue weighted by molar-refractivity contribution is 6.31. The van der Waals surface area contributed by atoms with Crippen molar-refractivity contribution in [3.8, 4) is 0 Å². The van der Waals surface area contributed by atoms with Crippen molar-refractivity contribution < 1.29 is 4.39 Å². The lowest BCUT2D eigenvalue weighted by Gasteiger charge is -2.23. The molecule has 1 saturated carbocycles. The summed E-state index contributed by atoms with van der Waals surface area (Å²) in [4.78, 5) is 0. The normalized spacial score (nSPS) is 24.6. The lowest BCUT2D eigenvalue weighted by atomic mass is 9.91. The molecule has 106 valence electrons. The molecule has 19 heavy (non-hydrogen) atoms. The number of halogens is 2. The van der Waals surface area contributed by atoms with E-state index >= 15 is 0 Å². The van der Waals surface area contributed by atoms with Crippen LogP contribution in [-0.2, 0) is 6.42 Å². The Labute approximate surface area is 119 Å². The van der Waals surface area contributed by atoms with Gasteiger partial charge >= 0.3 is 0 Å². The lowest BCUT2D eigenvalue weighted by molar-refractivity contribution is 0.347. The van der Waals surface area contributed by atoms with E-state index in [0.29, 0.717) is 17.4 Å². The number of hydrogen-bond donors (Lipinski definition) is 2. The molecule has 1 aliphatic carbocycles. The zero-order valence-corrected chi connectivity index (χ0v) is 12.1. The van der Waals surface area contributed by atoms with E-state index in [0.717, 1.165) is 11.5 Å². The van der Waals surface area contributed by atoms with E-state index in [4.69, 9.17) is 17.4 Å². The van der Waals surface area contributed by atoms with Gasteiger partial charge < -0.3 is 0 Å². The van der Waals surface area contributed by atoms with E-state index in [9.17, 15) is 4.39 Å². The van der Waals surface area contributed by atoms with Crippen LogP contribution in [0.4, 0.5) is 4.39 Å². The van der Waals surface area contributed by atoms with Gasteiger partial charge in [-0.3, -0.25) is 11.3 Å². The van der Waals surface area contributed by atoms with Crippen molar-refractivity contribution in [1.29, 1.82) is 0 Å². The van der Waals surface area contributed by atoms with E-state index < -0.39 is 0 Å². The standard InChI is InChI=1S/C15H22ClFN2/c1-2-10-3-4-11(7-10)15(19-18)9-12-8-13(17)5-6-14(12)16/h5-6,8,10-11,15,19H,2-4,7,9,18H2,1H3. The third-order valence-corrected chi connectivity index (χ3v) is 4.76. The molecule has 0 amide bonds. The Bertz CT molecular complexity index is 425. The largest absolute Gasteiger partial charge is 0.271 e. The molecule has 1 aromatic rings. The highest BCUT2D eigenvalue weighted by atomic mass is 35.5. The van der Waals surface area contributed by atoms with E-state index in [1.165, 1.54) is 37.8 Å². The van der Waals surface area contributed by atoms with Crippen LogP contribution in [0.1, 0.15) is 38.2 Å². The first-order valence-corrected chi connectivity index (χ1v) is 7.41. The maximum Gasteiger partial charge on any atom is 0.123 e. The van der Waals surface area contributed by atoms with Crippen molar-refractivity contribution in [1.82, 2.24) is 5.43 Å². The van der Waals surface area contributed by atoms with Gasteiger partial charge in [0.05, 0.1) is 0 Å². The minimum Gasteiger partial charge on any atom is -0.271 e. The summed E-state index contributed by atoms with van der Waals surface area (Å²) in [6, 6.07) is 4.69. The Morgan fingerprint density at radius 1 is 1.47 bits per heavy atom. The maximum absolute atomic E-state index is 13.3. The second-order valence-electron chi connectivity index (χ2n) is 5.56. The minimum absolute atomic E-state index is 0.177. The van der Waals surface area contributed by atoms with Crippen LogP contribution >= 0.6 is 11.6 Å². The minimum atomic E-state index is -0.243. The molecule has 1 fully saturated rings. The van der Waals surface area contributed by atoms with Gasteiger partial charge in [-0.1, -0.05) is 31.4 Å². The third-order valence-electron chi connectivity index (χ3n) is 4.39. The van der Waals surface area contributed by atoms with Crippen molar-refractivity contribution in [2.75, 3.05) is 0 Å². The highest BCUT2D eigenvalue weighted by Crippen LogP contribution is 2.36. The van der Waals surface area contributed by atoms with E-state index in [2.05, 4.69) is 12.3 Å². The summed E-state index contributed by atoms with van der Waals surface area (Å²) in [5.74, 6) is 6.82. The van der Waals surface area contributed by atoms with Crippen LogP contribution in [0, 0.1) is 17.7 Å². The fourth-order valence-electron chi connectivity index (χ4n) is 3.15. The van der Waals surface area contributed by atoms with Gasteiger partial charge in [0.25, 0.3) is 0 Å². The summed E-state index contributed by atoms with van der Waals surface area (Å²) in [5.41, 5.74) is 3.74. The zero-order valence-electron chi connectivity index (χ0n) is 11.3. The average Bonchev–Trinajstić information content (AvgIpc) is 2.88. The number of hydrazine groups is 1. The smallest absolute Gasteiger partial charge is 0.123 e. The quantitative estimate of drug-likeness (QED) is 0.639. The first kappa shape index (κ1) is 14.8. The van der Waals surface area contributed by atoms with Crippen LogP contribution < -0.4 is 11.3 Å². The summed E-state index contributed by atoms with van der Waals surface area (Å²) in [5, 5.41) is 0.617. The average molecular weight is 285 g/mol.